The molecule has 4 heteroatoms. The first kappa shape index (κ1) is 12.5. The Kier molecular flexibility index (Phi) is 3.58. The molecule has 0 fully saturated rings. The van der Waals surface area contributed by atoms with Crippen LogP contribution in [-0.4, -0.2) is 30.9 Å². The summed E-state index contributed by atoms with van der Waals surface area (Å²) in [7, 11) is 1.69. The molecule has 0 saturated carbocycles. The normalized spacial score (nSPS) is 10.6. The van der Waals surface area contributed by atoms with Gasteiger partial charge in [0.1, 0.15) is 5.82 Å². The van der Waals surface area contributed by atoms with Gasteiger partial charge >= 0.3 is 0 Å². The van der Waals surface area contributed by atoms with E-state index < -0.39 is 0 Å². The monoisotopic (exact) mass is 246 g/mol. The number of rotatable bonds is 3. The average Bonchev–Trinajstić information content (AvgIpc) is 2.39. The molecular weight excluding hydrogens is 231 g/mol. The summed E-state index contributed by atoms with van der Waals surface area (Å²) in [6.45, 7) is 0.881. The fraction of sp³-hybridized carbons (Fsp3) is 0.214. The minimum absolute atomic E-state index is 0.142. The van der Waals surface area contributed by atoms with Crippen molar-refractivity contribution in [3.63, 3.8) is 0 Å². The summed E-state index contributed by atoms with van der Waals surface area (Å²) in [6, 6.07) is 9.82. The van der Waals surface area contributed by atoms with E-state index in [4.69, 9.17) is 5.73 Å². The first-order chi connectivity index (χ1) is 8.65. The van der Waals surface area contributed by atoms with E-state index in [2.05, 4.69) is 0 Å². The van der Waals surface area contributed by atoms with Gasteiger partial charge in [0.15, 0.2) is 0 Å². The molecule has 0 aromatic heterocycles. The lowest BCUT2D eigenvalue weighted by Crippen LogP contribution is -2.31. The molecule has 3 nitrogen and oxygen atoms in total. The zero-order valence-corrected chi connectivity index (χ0v) is 10.2. The second kappa shape index (κ2) is 5.14. The van der Waals surface area contributed by atoms with Gasteiger partial charge in [0.2, 0.25) is 0 Å². The van der Waals surface area contributed by atoms with Crippen molar-refractivity contribution in [1.82, 2.24) is 4.90 Å². The lowest BCUT2D eigenvalue weighted by molar-refractivity contribution is 0.0801. The molecular formula is C14H15FN2O. The topological polar surface area (TPSA) is 46.3 Å². The van der Waals surface area contributed by atoms with Gasteiger partial charge in [-0.2, -0.15) is 0 Å². The first-order valence-corrected chi connectivity index (χ1v) is 5.78. The third-order valence-electron chi connectivity index (χ3n) is 2.91. The van der Waals surface area contributed by atoms with Gasteiger partial charge in [-0.05, 0) is 17.5 Å². The van der Waals surface area contributed by atoms with E-state index in [9.17, 15) is 9.18 Å². The number of nitrogens with two attached hydrogens (primary N) is 1. The van der Waals surface area contributed by atoms with Crippen molar-refractivity contribution >= 4 is 16.7 Å². The quantitative estimate of drug-likeness (QED) is 0.900. The molecule has 2 aromatic rings. The minimum Gasteiger partial charge on any atom is -0.340 e. The molecule has 18 heavy (non-hydrogen) atoms. The Labute approximate surface area is 105 Å². The number of carbonyl (C=O) groups is 1. The Morgan fingerprint density at radius 1 is 1.22 bits per heavy atom. The van der Waals surface area contributed by atoms with Crippen molar-refractivity contribution in [1.29, 1.82) is 0 Å². The molecule has 0 aliphatic heterocycles. The number of fused-ring (bicyclic) bond motifs is 1. The van der Waals surface area contributed by atoms with Crippen molar-refractivity contribution in [2.45, 2.75) is 0 Å². The molecule has 1 amide bonds. The Morgan fingerprint density at radius 2 is 1.89 bits per heavy atom. The molecule has 0 atom stereocenters. The lowest BCUT2D eigenvalue weighted by atomic mass is 10.0. The van der Waals surface area contributed by atoms with E-state index in [-0.39, 0.29) is 11.7 Å². The first-order valence-electron chi connectivity index (χ1n) is 5.78. The summed E-state index contributed by atoms with van der Waals surface area (Å²) in [6.07, 6.45) is 0. The van der Waals surface area contributed by atoms with Gasteiger partial charge in [-0.25, -0.2) is 4.39 Å². The van der Waals surface area contributed by atoms with E-state index in [1.807, 2.05) is 0 Å². The molecule has 2 rings (SSSR count). The van der Waals surface area contributed by atoms with Crippen molar-refractivity contribution < 1.29 is 9.18 Å². The van der Waals surface area contributed by atoms with Crippen LogP contribution < -0.4 is 5.73 Å². The van der Waals surface area contributed by atoms with Gasteiger partial charge in [0.25, 0.3) is 5.91 Å². The summed E-state index contributed by atoms with van der Waals surface area (Å²) in [4.78, 5) is 13.7. The average molecular weight is 246 g/mol. The van der Waals surface area contributed by atoms with Crippen LogP contribution in [0, 0.1) is 5.82 Å². The number of likely N-dealkylation sites (N-methyl/N-ethyl adjacent to an activating group) is 1. The van der Waals surface area contributed by atoms with E-state index in [0.29, 0.717) is 29.4 Å². The maximum absolute atomic E-state index is 13.6. The largest absolute Gasteiger partial charge is 0.340 e. The maximum Gasteiger partial charge on any atom is 0.254 e. The van der Waals surface area contributed by atoms with E-state index >= 15 is 0 Å². The maximum atomic E-state index is 13.6. The smallest absolute Gasteiger partial charge is 0.254 e. The number of hydrogen-bond donors (Lipinski definition) is 1. The molecule has 0 unspecified atom stereocenters. The van der Waals surface area contributed by atoms with Gasteiger partial charge in [0.05, 0.1) is 0 Å². The third kappa shape index (κ3) is 2.19. The standard InChI is InChI=1S/C14H15FN2O/c1-17(9-8-16)14(18)12-6-7-13(15)11-5-3-2-4-10(11)12/h2-7H,8-9,16H2,1H3. The third-order valence-corrected chi connectivity index (χ3v) is 2.91. The van der Waals surface area contributed by atoms with E-state index in [1.165, 1.54) is 12.1 Å². The zero-order valence-electron chi connectivity index (χ0n) is 10.2. The van der Waals surface area contributed by atoms with Gasteiger partial charge in [-0.1, -0.05) is 24.3 Å². The molecule has 0 aliphatic carbocycles. The summed E-state index contributed by atoms with van der Waals surface area (Å²) < 4.78 is 13.6. The SMILES string of the molecule is CN(CCN)C(=O)c1ccc(F)c2ccccc12. The molecule has 0 bridgehead atoms. The van der Waals surface area contributed by atoms with Crippen LogP contribution in [0.1, 0.15) is 10.4 Å². The van der Waals surface area contributed by atoms with Gasteiger partial charge in [-0.15, -0.1) is 0 Å². The van der Waals surface area contributed by atoms with E-state index in [0.717, 1.165) is 0 Å². The highest BCUT2D eigenvalue weighted by Gasteiger charge is 2.15. The second-order valence-corrected chi connectivity index (χ2v) is 4.16. The molecule has 2 N–H and O–H groups in total. The van der Waals surface area contributed by atoms with Crippen molar-refractivity contribution in [3.05, 3.63) is 47.8 Å². The van der Waals surface area contributed by atoms with Crippen LogP contribution in [0.5, 0.6) is 0 Å². The molecule has 0 saturated heterocycles. The van der Waals surface area contributed by atoms with Crippen molar-refractivity contribution in [2.75, 3.05) is 20.1 Å². The summed E-state index contributed by atoms with van der Waals surface area (Å²) in [5.74, 6) is -0.458. The van der Waals surface area contributed by atoms with Crippen LogP contribution in [0.15, 0.2) is 36.4 Å². The fourth-order valence-electron chi connectivity index (χ4n) is 1.95. The van der Waals surface area contributed by atoms with Gasteiger partial charge in [0, 0.05) is 31.1 Å². The van der Waals surface area contributed by atoms with Crippen LogP contribution in [0.2, 0.25) is 0 Å². The second-order valence-electron chi connectivity index (χ2n) is 4.16. The summed E-state index contributed by atoms with van der Waals surface area (Å²) in [5, 5.41) is 1.09. The van der Waals surface area contributed by atoms with Gasteiger partial charge < -0.3 is 10.6 Å². The number of benzene rings is 2. The highest BCUT2D eigenvalue weighted by atomic mass is 19.1. The predicted octanol–water partition coefficient (Wildman–Crippen LogP) is 2.01. The molecule has 2 aromatic carbocycles. The van der Waals surface area contributed by atoms with Crippen LogP contribution in [0.25, 0.3) is 10.8 Å². The molecule has 0 aliphatic rings. The molecule has 94 valence electrons. The Hall–Kier alpha value is -1.94. The Morgan fingerprint density at radius 3 is 2.56 bits per heavy atom. The molecule has 0 heterocycles. The highest BCUT2D eigenvalue weighted by Crippen LogP contribution is 2.22. The Bertz CT molecular complexity index is 583. The van der Waals surface area contributed by atoms with Crippen molar-refractivity contribution in [2.24, 2.45) is 5.73 Å². The number of carbonyl (C=O) groups excluding carboxylic acids is 1. The minimum atomic E-state index is -0.316. The zero-order chi connectivity index (χ0) is 13.1. The summed E-state index contributed by atoms with van der Waals surface area (Å²) >= 11 is 0. The summed E-state index contributed by atoms with van der Waals surface area (Å²) in [5.41, 5.74) is 5.93. The fourth-order valence-corrected chi connectivity index (χ4v) is 1.95. The van der Waals surface area contributed by atoms with Crippen LogP contribution in [0.4, 0.5) is 4.39 Å². The van der Waals surface area contributed by atoms with Crippen LogP contribution >= 0.6 is 0 Å². The predicted molar refractivity (Wildman–Crippen MR) is 69.9 cm³/mol. The van der Waals surface area contributed by atoms with Crippen molar-refractivity contribution in [3.8, 4) is 0 Å². The number of nitrogens with zero attached hydrogens (tertiary/aromatic N) is 1. The van der Waals surface area contributed by atoms with Crippen LogP contribution in [-0.2, 0) is 0 Å². The number of amides is 1. The number of hydrogen-bond acceptors (Lipinski definition) is 2. The van der Waals surface area contributed by atoms with Crippen LogP contribution in [0.3, 0.4) is 0 Å². The molecule has 0 radical (unpaired) electrons. The number of halogens is 1. The highest BCUT2D eigenvalue weighted by molar-refractivity contribution is 6.07. The van der Waals surface area contributed by atoms with Gasteiger partial charge in [-0.3, -0.25) is 4.79 Å². The lowest BCUT2D eigenvalue weighted by Gasteiger charge is -2.17. The Balaban J connectivity index is 2.52. The molecule has 0 spiro atoms. The van der Waals surface area contributed by atoms with E-state index in [1.54, 1.807) is 36.2 Å².